The first kappa shape index (κ1) is 72.1. The molecule has 4 heterocycles. The van der Waals surface area contributed by atoms with Crippen LogP contribution in [0.4, 0.5) is 22.7 Å². The molecule has 16 heteroatoms. The average Bonchev–Trinajstić information content (AvgIpc) is 0.517. The van der Waals surface area contributed by atoms with Gasteiger partial charge in [-0.3, -0.25) is 0 Å². The first-order chi connectivity index (χ1) is 50.9. The lowest BCUT2D eigenvalue weighted by Crippen LogP contribution is -2.25. The van der Waals surface area contributed by atoms with Gasteiger partial charge in [0.05, 0.1) is 32.7 Å². The zero-order chi connectivity index (χ0) is 73.3. The highest BCUT2D eigenvalue weighted by Gasteiger charge is 2.32. The van der Waals surface area contributed by atoms with E-state index in [0.29, 0.717) is 37.4 Å². The number of benzene rings is 12. The summed E-state index contributed by atoms with van der Waals surface area (Å²) in [5.74, 6) is 2.87. The molecule has 13 nitrogen and oxygen atoms in total. The van der Waals surface area contributed by atoms with Crippen LogP contribution in [0.3, 0.4) is 0 Å². The van der Waals surface area contributed by atoms with Gasteiger partial charge in [-0.25, -0.2) is 9.00 Å². The Labute approximate surface area is 617 Å². The van der Waals surface area contributed by atoms with Crippen LogP contribution in [0, 0.1) is 55.4 Å². The molecule has 1 unspecified atom stereocenters. The highest BCUT2D eigenvalue weighted by Crippen LogP contribution is 2.43. The Morgan fingerprint density at radius 2 is 0.638 bits per heavy atom. The van der Waals surface area contributed by atoms with Gasteiger partial charge in [-0.05, 0) is 172 Å². The fraction of sp³-hybridized carbons (Fsp3) is 0.135. The topological polar surface area (TPSA) is 141 Å². The zero-order valence-corrected chi connectivity index (χ0v) is 62.5. The molecule has 0 saturated carbocycles. The maximum Gasteiger partial charge on any atom is 0.336 e. The molecule has 0 amide bonds. The van der Waals surface area contributed by atoms with E-state index in [0.717, 1.165) is 123 Å². The molecule has 0 saturated heterocycles. The monoisotopic (exact) mass is 1440 g/mol. The number of hydrogen-bond donors (Lipinski definition) is 2. The summed E-state index contributed by atoms with van der Waals surface area (Å²) >= 11 is -1.96. The van der Waals surface area contributed by atoms with Crippen molar-refractivity contribution in [1.82, 2.24) is 0 Å². The Kier molecular flexibility index (Phi) is 22.1. The lowest BCUT2D eigenvalue weighted by atomic mass is 10.0. The number of carboxylic acids is 1. The largest absolute Gasteiger partial charge is 0.478 e. The number of ether oxygens (including phenoxy) is 4. The van der Waals surface area contributed by atoms with Crippen LogP contribution in [0.2, 0.25) is 0 Å². The van der Waals surface area contributed by atoms with Gasteiger partial charge < -0.3 is 33.2 Å². The van der Waals surface area contributed by atoms with E-state index in [9.17, 15) is 23.2 Å². The number of carbonyl (C=O) groups is 1. The Balaban J connectivity index is 0.000000126. The molecule has 4 aliphatic rings. The highest BCUT2D eigenvalue weighted by molar-refractivity contribution is 7.85. The van der Waals surface area contributed by atoms with Gasteiger partial charge in [0.25, 0.3) is 26.9 Å². The number of aromatic carboxylic acids is 1. The minimum absolute atomic E-state index is 0.373. The summed E-state index contributed by atoms with van der Waals surface area (Å²) < 4.78 is 67.2. The molecule has 0 fully saturated rings. The Bertz CT molecular complexity index is 5170. The van der Waals surface area contributed by atoms with E-state index >= 15 is 0 Å². The van der Waals surface area contributed by atoms with Crippen molar-refractivity contribution in [2.24, 2.45) is 0 Å². The molecule has 4 aliphatic heterocycles. The van der Waals surface area contributed by atoms with E-state index in [1.54, 1.807) is 0 Å². The van der Waals surface area contributed by atoms with Crippen LogP contribution < -0.4 is 50.8 Å². The molecular weight excluding hydrogens is 1360 g/mol. The van der Waals surface area contributed by atoms with Crippen LogP contribution in [0.25, 0.3) is 0 Å². The number of rotatable bonds is 12. The van der Waals surface area contributed by atoms with E-state index in [1.165, 1.54) is 21.5 Å². The summed E-state index contributed by atoms with van der Waals surface area (Å²) in [6.07, 6.45) is 8.38. The third-order valence-electron chi connectivity index (χ3n) is 18.8. The van der Waals surface area contributed by atoms with E-state index in [2.05, 4.69) is 157 Å². The van der Waals surface area contributed by atoms with E-state index in [-0.39, 0.29) is 0 Å². The van der Waals surface area contributed by atoms with Crippen LogP contribution >= 0.6 is 15.1 Å². The van der Waals surface area contributed by atoms with Crippen molar-refractivity contribution in [1.29, 1.82) is 0 Å². The summed E-state index contributed by atoms with van der Waals surface area (Å²) in [4.78, 5) is 11.8. The van der Waals surface area contributed by atoms with Crippen LogP contribution in [0.15, 0.2) is 272 Å². The van der Waals surface area contributed by atoms with Gasteiger partial charge in [0.15, 0.2) is 43.1 Å². The fourth-order valence-electron chi connectivity index (χ4n) is 13.6. The molecule has 0 aliphatic carbocycles. The number of carboxylic acid groups (broad SMARTS) is 1. The smallest absolute Gasteiger partial charge is 0.336 e. The number of nitrogens with zero attached hydrogens (tertiary/aromatic N) is 4. The van der Waals surface area contributed by atoms with Crippen molar-refractivity contribution >= 4 is 112 Å². The minimum Gasteiger partial charge on any atom is -0.478 e. The molecule has 0 bridgehead atoms. The maximum atomic E-state index is 14.5. The van der Waals surface area contributed by atoms with Gasteiger partial charge in [-0.2, -0.15) is 18.3 Å². The normalized spacial score (nSPS) is 13.4. The molecule has 16 rings (SSSR count). The van der Waals surface area contributed by atoms with E-state index < -0.39 is 32.1 Å². The lowest BCUT2D eigenvalue weighted by Gasteiger charge is -2.20. The summed E-state index contributed by atoms with van der Waals surface area (Å²) in [7, 11) is -3.54. The second-order valence-electron chi connectivity index (χ2n) is 26.2. The van der Waals surface area contributed by atoms with Gasteiger partial charge in [0, 0.05) is 64.4 Å². The van der Waals surface area contributed by atoms with Crippen molar-refractivity contribution in [2.45, 2.75) is 60.3 Å². The first-order valence-corrected chi connectivity index (χ1v) is 38.8. The summed E-state index contributed by atoms with van der Waals surface area (Å²) in [5, 5.41) is 15.8. The molecule has 12 aromatic carbocycles. The predicted octanol–water partition coefficient (Wildman–Crippen LogP) is 16.3. The number of aryl methyl sites for hydroxylation is 8. The number of para-hydroxylation sites is 4. The minimum atomic E-state index is -2.96. The predicted molar refractivity (Wildman–Crippen MR) is 426 cm³/mol. The van der Waals surface area contributed by atoms with Gasteiger partial charge in [-0.15, -0.1) is 0 Å². The SMILES string of the molecule is Cc1cccc2c1OC[N+](c1cc(C)c(C(=O)O)c(C)c1)=C2.Cc1cccc2c1OC[N+](c1cc(C)c(S(=O)O)c(C)c1)=C2.Cc1cccc2c1OC[N+](c1ccc(P(=O)(c3ccccc3)c3ccccc3)cc1)=C2.Cc1cccc2c1OC[N+](c1ccc(P(c3ccccc3)c3ccccc3)cc1)=C2. The van der Waals surface area contributed by atoms with Crippen molar-refractivity contribution in [3.05, 3.63) is 339 Å². The molecule has 2 N–H and O–H groups in total. The van der Waals surface area contributed by atoms with Crippen molar-refractivity contribution in [3.63, 3.8) is 0 Å². The van der Waals surface area contributed by atoms with Crippen molar-refractivity contribution in [3.8, 4) is 23.0 Å². The van der Waals surface area contributed by atoms with E-state index in [1.807, 2.05) is 209 Å². The first-order valence-electron chi connectivity index (χ1n) is 34.6. The Hall–Kier alpha value is -11.2. The van der Waals surface area contributed by atoms with Crippen LogP contribution in [-0.2, 0) is 15.6 Å². The maximum absolute atomic E-state index is 14.5. The Morgan fingerprint density at radius 3 is 0.962 bits per heavy atom. The van der Waals surface area contributed by atoms with Crippen LogP contribution in [0.5, 0.6) is 23.0 Å². The van der Waals surface area contributed by atoms with E-state index in [4.69, 9.17) is 18.9 Å². The van der Waals surface area contributed by atoms with Gasteiger partial charge in [0.2, 0.25) is 22.7 Å². The second-order valence-corrected chi connectivity index (χ2v) is 32.1. The van der Waals surface area contributed by atoms with Gasteiger partial charge >= 0.3 is 5.97 Å². The molecule has 0 radical (unpaired) electrons. The standard InChI is InChI=1S/C27H23NO2P.C27H23NOP.C18H17NO3.C17H17NO3S/c1-21-9-8-10-22-19-28(20-30-27(21)22)23-15-17-26(18-16-23)31(29,24-11-4-2-5-12-24)25-13-6-3-7-14-25;1-21-9-8-10-22-19-28(20-29-27(21)22)23-15-17-26(18-16-23)30(24-11-4-2-5-12-24)25-13-6-3-7-14-25;1-11-5-4-6-14-9-19(10-22-17(11)14)15-7-12(2)16(18(20)21)13(3)8-15;1-11-5-4-6-14-9-18(10-21-16(11)14)15-7-12(2)17(22(19)20)13(3)8-15/h2-19H,20H2,1H3;2-19H,20H2,1H3;2*4-9H,10H2,1-3H3/q2*+1;;/p+2. The molecule has 0 aromatic heterocycles. The summed E-state index contributed by atoms with van der Waals surface area (Å²) in [6.45, 7) is 17.4. The summed E-state index contributed by atoms with van der Waals surface area (Å²) in [6, 6.07) is 90.2. The molecule has 524 valence electrons. The number of hydrogen-bond acceptors (Lipinski definition) is 7. The van der Waals surface area contributed by atoms with Gasteiger partial charge in [-0.1, -0.05) is 170 Å². The van der Waals surface area contributed by atoms with Crippen LogP contribution in [0.1, 0.15) is 77.1 Å². The zero-order valence-electron chi connectivity index (χ0n) is 59.9. The summed E-state index contributed by atoms with van der Waals surface area (Å²) in [5.41, 5.74) is 16.3. The Morgan fingerprint density at radius 1 is 0.352 bits per heavy atom. The molecule has 105 heavy (non-hydrogen) atoms. The molecule has 0 spiro atoms. The third-order valence-corrected chi connectivity index (χ3v) is 25.3. The third kappa shape index (κ3) is 16.0. The highest BCUT2D eigenvalue weighted by atomic mass is 32.2. The molecular formula is C89H82N4O9P2S+4. The quantitative estimate of drug-likeness (QED) is 0.0695. The molecule has 12 aromatic rings. The average molecular weight is 1450 g/mol. The van der Waals surface area contributed by atoms with Crippen LogP contribution in [-0.4, -0.2) is 89.9 Å². The fourth-order valence-corrected chi connectivity index (χ4v) is 19.2. The van der Waals surface area contributed by atoms with Crippen molar-refractivity contribution < 1.29 is 60.5 Å². The lowest BCUT2D eigenvalue weighted by molar-refractivity contribution is -0.476. The van der Waals surface area contributed by atoms with Crippen molar-refractivity contribution in [2.75, 3.05) is 26.9 Å². The molecule has 1 atom stereocenters. The number of fused-ring (bicyclic) bond motifs is 4. The van der Waals surface area contributed by atoms with Gasteiger partial charge in [0.1, 0.15) is 23.0 Å². The second kappa shape index (κ2) is 32.2.